The molecule has 0 fully saturated rings. The van der Waals surface area contributed by atoms with E-state index in [-0.39, 0.29) is 32.7 Å². The Labute approximate surface area is 143 Å². The van der Waals surface area contributed by atoms with Crippen LogP contribution in [0.15, 0.2) is 18.5 Å². The summed E-state index contributed by atoms with van der Waals surface area (Å²) < 4.78 is 1.60. The van der Waals surface area contributed by atoms with Crippen molar-refractivity contribution >= 4 is 5.78 Å². The molecule has 3 aromatic rings. The van der Waals surface area contributed by atoms with E-state index in [1.54, 1.807) is 4.52 Å². The van der Waals surface area contributed by atoms with Gasteiger partial charge >= 0.3 is 0 Å². The Morgan fingerprint density at radius 2 is 1.70 bits per heavy atom. The number of aromatic nitrogens is 4. The molecular weight excluding hydrogens is 325 g/mol. The van der Waals surface area contributed by atoms with Crippen LogP contribution in [0.2, 0.25) is 0 Å². The second-order valence-corrected chi connectivity index (χ2v) is 4.93. The summed E-state index contributed by atoms with van der Waals surface area (Å²) in [6, 6.07) is 4.36. The number of rotatable bonds is 1. The number of aryl methyl sites for hydroxylation is 4. The Morgan fingerprint density at radius 1 is 1.05 bits per heavy atom. The van der Waals surface area contributed by atoms with Crippen LogP contribution in [0.4, 0.5) is 0 Å². The van der Waals surface area contributed by atoms with Crippen LogP contribution >= 0.6 is 0 Å². The predicted molar refractivity (Wildman–Crippen MR) is 74.0 cm³/mol. The molecule has 99 valence electrons. The third-order valence-corrected chi connectivity index (χ3v) is 3.30. The minimum Gasteiger partial charge on any atom is -0.314 e. The van der Waals surface area contributed by atoms with Gasteiger partial charge in [-0.05, 0) is 32.7 Å². The molecule has 0 spiro atoms. The zero-order chi connectivity index (χ0) is 13.6. The van der Waals surface area contributed by atoms with E-state index in [1.165, 1.54) is 28.6 Å². The third-order valence-electron chi connectivity index (χ3n) is 3.30. The normalized spacial score (nSPS) is 10.6. The molecule has 0 aliphatic rings. The molecule has 0 aliphatic heterocycles. The Kier molecular flexibility index (Phi) is 4.35. The second-order valence-electron chi connectivity index (χ2n) is 4.93. The van der Waals surface area contributed by atoms with Gasteiger partial charge in [-0.15, -0.1) is 5.56 Å². The molecule has 20 heavy (non-hydrogen) atoms. The minimum atomic E-state index is 0. The average molecular weight is 340 g/mol. The first-order valence-corrected chi connectivity index (χ1v) is 6.24. The van der Waals surface area contributed by atoms with E-state index in [2.05, 4.69) is 54.2 Å². The Balaban J connectivity index is 0.00000147. The largest absolute Gasteiger partial charge is 0.314 e. The molecule has 2 heterocycles. The topological polar surface area (TPSA) is 43.1 Å². The zero-order valence-electron chi connectivity index (χ0n) is 12.1. The number of hydrogen-bond acceptors (Lipinski definition) is 3. The molecule has 0 bridgehead atoms. The van der Waals surface area contributed by atoms with Crippen LogP contribution in [-0.2, 0) is 32.7 Å². The van der Waals surface area contributed by atoms with Crippen molar-refractivity contribution in [3.05, 3.63) is 47.0 Å². The first-order valence-electron chi connectivity index (χ1n) is 6.24. The van der Waals surface area contributed by atoms with Crippen molar-refractivity contribution in [3.8, 4) is 11.1 Å². The van der Waals surface area contributed by atoms with Gasteiger partial charge in [-0.3, -0.25) is 4.52 Å². The number of nitrogens with zero attached hydrogens (tertiary/aromatic N) is 4. The van der Waals surface area contributed by atoms with Crippen molar-refractivity contribution in [1.82, 2.24) is 19.6 Å². The van der Waals surface area contributed by atoms with Crippen molar-refractivity contribution in [2.75, 3.05) is 0 Å². The Morgan fingerprint density at radius 3 is 2.35 bits per heavy atom. The van der Waals surface area contributed by atoms with Crippen LogP contribution in [-0.4, -0.2) is 19.6 Å². The fraction of sp³-hybridized carbons (Fsp3) is 0.267. The zero-order valence-corrected chi connectivity index (χ0v) is 14.9. The molecule has 0 unspecified atom stereocenters. The minimum absolute atomic E-state index is 0. The molecule has 5 heteroatoms. The van der Waals surface area contributed by atoms with Gasteiger partial charge in [0.15, 0.2) is 5.78 Å². The van der Waals surface area contributed by atoms with Crippen LogP contribution in [0.3, 0.4) is 0 Å². The monoisotopic (exact) mass is 340 g/mol. The fourth-order valence-corrected chi connectivity index (χ4v) is 2.59. The summed E-state index contributed by atoms with van der Waals surface area (Å²) in [5.74, 6) is 0.587. The average Bonchev–Trinajstić information content (AvgIpc) is 2.74. The summed E-state index contributed by atoms with van der Waals surface area (Å²) in [4.78, 5) is 8.56. The SMILES string of the molecule is Cc1cc(C)c(-c2[c-]n3ncnc3nc2C)c(C)c1.[Y]. The van der Waals surface area contributed by atoms with E-state index in [4.69, 9.17) is 0 Å². The number of hydrogen-bond donors (Lipinski definition) is 0. The van der Waals surface area contributed by atoms with Gasteiger partial charge in [0.1, 0.15) is 6.33 Å². The van der Waals surface area contributed by atoms with Gasteiger partial charge in [-0.1, -0.05) is 41.3 Å². The van der Waals surface area contributed by atoms with E-state index < -0.39 is 0 Å². The Hall–Kier alpha value is -1.13. The molecule has 0 aliphatic carbocycles. The molecule has 0 N–H and O–H groups in total. The van der Waals surface area contributed by atoms with Crippen LogP contribution in [0.25, 0.3) is 16.9 Å². The smallest absolute Gasteiger partial charge is 0.166 e. The van der Waals surface area contributed by atoms with Gasteiger partial charge in [0.25, 0.3) is 0 Å². The summed E-state index contributed by atoms with van der Waals surface area (Å²) in [6.45, 7) is 8.33. The van der Waals surface area contributed by atoms with Gasteiger partial charge < -0.3 is 4.98 Å². The summed E-state index contributed by atoms with van der Waals surface area (Å²) >= 11 is 0. The van der Waals surface area contributed by atoms with Gasteiger partial charge in [0, 0.05) is 32.7 Å². The van der Waals surface area contributed by atoms with Crippen molar-refractivity contribution in [3.63, 3.8) is 0 Å². The molecule has 1 radical (unpaired) electrons. The molecule has 0 atom stereocenters. The van der Waals surface area contributed by atoms with Gasteiger partial charge in [-0.25, -0.2) is 4.98 Å². The molecule has 1 aromatic carbocycles. The molecule has 3 rings (SSSR count). The quantitative estimate of drug-likeness (QED) is 0.640. The van der Waals surface area contributed by atoms with E-state index in [1.807, 2.05) is 6.92 Å². The third kappa shape index (κ3) is 2.55. The van der Waals surface area contributed by atoms with E-state index in [9.17, 15) is 0 Å². The van der Waals surface area contributed by atoms with E-state index >= 15 is 0 Å². The first kappa shape index (κ1) is 15.3. The standard InChI is InChI=1S/C15H15N4.Y/c1-9-5-10(2)14(11(3)6-9)13-7-19-15(16-8-17-19)18-12(13)4;/h5-6,8H,1-4H3;/q-1;. The second kappa shape index (κ2) is 5.70. The van der Waals surface area contributed by atoms with Gasteiger partial charge in [-0.2, -0.15) is 5.10 Å². The first-order chi connectivity index (χ1) is 9.06. The predicted octanol–water partition coefficient (Wildman–Crippen LogP) is 2.82. The summed E-state index contributed by atoms with van der Waals surface area (Å²) in [5, 5.41) is 4.11. The molecule has 0 saturated heterocycles. The molecule has 4 nitrogen and oxygen atoms in total. The number of benzene rings is 1. The van der Waals surface area contributed by atoms with Crippen LogP contribution in [0.1, 0.15) is 22.4 Å². The summed E-state index contributed by atoms with van der Waals surface area (Å²) in [6.07, 6.45) is 4.77. The van der Waals surface area contributed by atoms with Crippen molar-refractivity contribution in [1.29, 1.82) is 0 Å². The maximum Gasteiger partial charge on any atom is 0.166 e. The van der Waals surface area contributed by atoms with Crippen LogP contribution in [0.5, 0.6) is 0 Å². The number of fused-ring (bicyclic) bond motifs is 1. The maximum absolute atomic E-state index is 4.47. The van der Waals surface area contributed by atoms with Crippen LogP contribution < -0.4 is 0 Å². The molecule has 0 amide bonds. The summed E-state index contributed by atoms with van der Waals surface area (Å²) in [5.41, 5.74) is 6.85. The molecular formula is C15H15N4Y-. The van der Waals surface area contributed by atoms with Crippen molar-refractivity contribution in [2.45, 2.75) is 27.7 Å². The van der Waals surface area contributed by atoms with Gasteiger partial charge in [0.2, 0.25) is 0 Å². The molecule has 2 aromatic heterocycles. The Bertz CT molecular complexity index is 754. The summed E-state index contributed by atoms with van der Waals surface area (Å²) in [7, 11) is 0. The van der Waals surface area contributed by atoms with Crippen molar-refractivity contribution in [2.24, 2.45) is 0 Å². The molecule has 0 saturated carbocycles. The van der Waals surface area contributed by atoms with E-state index in [0.29, 0.717) is 5.78 Å². The van der Waals surface area contributed by atoms with Gasteiger partial charge in [0.05, 0.1) is 0 Å². The fourth-order valence-electron chi connectivity index (χ4n) is 2.59. The maximum atomic E-state index is 4.47. The van der Waals surface area contributed by atoms with Crippen molar-refractivity contribution < 1.29 is 32.7 Å². The van der Waals surface area contributed by atoms with Crippen LogP contribution in [0, 0.1) is 33.9 Å². The van der Waals surface area contributed by atoms with E-state index in [0.717, 1.165) is 11.3 Å².